The number of aliphatic hydroxyl groups is 2. The van der Waals surface area contributed by atoms with E-state index in [0.717, 1.165) is 17.6 Å². The normalized spacial score (nSPS) is 11.3. The smallest absolute Gasteiger partial charge is 0.332 e. The Labute approximate surface area is 182 Å². The van der Waals surface area contributed by atoms with Crippen LogP contribution in [0.5, 0.6) is 0 Å². The van der Waals surface area contributed by atoms with E-state index in [1.54, 1.807) is 17.8 Å². The minimum atomic E-state index is -0.371. The number of allylic oxidation sites excluding steroid dienone is 3. The SMILES string of the molecule is C=C/C(O)=C\C(=C)CC.Cn1c(=O)n(CCCO)c(=O)c2c1[nH]n2Cc1ccccc1.[HH]. The van der Waals surface area contributed by atoms with Crippen molar-refractivity contribution in [3.8, 4) is 0 Å². The molecule has 0 amide bonds. The van der Waals surface area contributed by atoms with E-state index in [0.29, 0.717) is 24.1 Å². The van der Waals surface area contributed by atoms with E-state index < -0.39 is 0 Å². The Morgan fingerprint density at radius 3 is 2.52 bits per heavy atom. The van der Waals surface area contributed by atoms with Crippen LogP contribution in [0.3, 0.4) is 0 Å². The molecule has 0 saturated carbocycles. The third-order valence-electron chi connectivity index (χ3n) is 4.77. The lowest BCUT2D eigenvalue weighted by atomic mass is 10.2. The molecule has 3 aromatic rings. The van der Waals surface area contributed by atoms with Crippen molar-refractivity contribution >= 4 is 11.2 Å². The van der Waals surface area contributed by atoms with Gasteiger partial charge in [0, 0.05) is 21.6 Å². The minimum Gasteiger partial charge on any atom is -0.508 e. The molecular weight excluding hydrogens is 396 g/mol. The molecule has 1 aromatic carbocycles. The lowest BCUT2D eigenvalue weighted by Crippen LogP contribution is -2.43. The van der Waals surface area contributed by atoms with E-state index in [9.17, 15) is 9.59 Å². The van der Waals surface area contributed by atoms with Gasteiger partial charge in [-0.05, 0) is 30.6 Å². The maximum absolute atomic E-state index is 12.5. The van der Waals surface area contributed by atoms with Crippen LogP contribution in [-0.4, -0.2) is 35.7 Å². The zero-order chi connectivity index (χ0) is 23.0. The fourth-order valence-electron chi connectivity index (χ4n) is 2.93. The van der Waals surface area contributed by atoms with Gasteiger partial charge in [0.1, 0.15) is 5.76 Å². The van der Waals surface area contributed by atoms with Crippen molar-refractivity contribution in [3.63, 3.8) is 0 Å². The summed E-state index contributed by atoms with van der Waals surface area (Å²) in [5.74, 6) is 0.182. The number of aliphatic hydroxyl groups excluding tert-OH is 2. The van der Waals surface area contributed by atoms with Gasteiger partial charge >= 0.3 is 5.69 Å². The van der Waals surface area contributed by atoms with Gasteiger partial charge < -0.3 is 10.2 Å². The molecule has 0 unspecified atom stereocenters. The van der Waals surface area contributed by atoms with Crippen LogP contribution in [0.2, 0.25) is 0 Å². The van der Waals surface area contributed by atoms with Crippen molar-refractivity contribution in [1.29, 1.82) is 0 Å². The van der Waals surface area contributed by atoms with Crippen molar-refractivity contribution < 1.29 is 11.6 Å². The monoisotopic (exact) mass is 428 g/mol. The molecule has 0 atom stereocenters. The zero-order valence-electron chi connectivity index (χ0n) is 18.0. The molecule has 2 aromatic heterocycles. The quantitative estimate of drug-likeness (QED) is 0.379. The van der Waals surface area contributed by atoms with Gasteiger partial charge in [0.2, 0.25) is 0 Å². The van der Waals surface area contributed by atoms with Crippen LogP contribution in [0.4, 0.5) is 0 Å². The summed E-state index contributed by atoms with van der Waals surface area (Å²) in [7, 11) is 1.63. The number of nitrogens with one attached hydrogen (secondary N) is 1. The largest absolute Gasteiger partial charge is 0.508 e. The molecule has 0 aliphatic heterocycles. The first-order valence-electron chi connectivity index (χ1n) is 10.1. The molecule has 3 rings (SSSR count). The Balaban J connectivity index is 0.000000440. The first-order chi connectivity index (χ1) is 14.8. The summed E-state index contributed by atoms with van der Waals surface area (Å²) in [6, 6.07) is 9.77. The standard InChI is InChI=1S/C15H18N4O3.C8H12O.H2/c1-17-13-12(14(21)18(15(17)22)8-5-9-20)19(16-13)10-11-6-3-2-4-7-11;1-4-7(3)6-8(9)5-2;/h2-4,6-7,16,20H,5,8-10H2,1H3;5-6,9H,2-4H2,1H3;1H/b;8-6+;. The maximum Gasteiger partial charge on any atom is 0.332 e. The van der Waals surface area contributed by atoms with Crippen LogP contribution in [0.1, 0.15) is 26.8 Å². The number of nitrogens with zero attached hydrogens (tertiary/aromatic N) is 3. The predicted octanol–water partition coefficient (Wildman–Crippen LogP) is 3.09. The van der Waals surface area contributed by atoms with Crippen molar-refractivity contribution in [2.75, 3.05) is 6.61 Å². The lowest BCUT2D eigenvalue weighted by molar-refractivity contribution is 0.277. The highest BCUT2D eigenvalue weighted by atomic mass is 16.3. The minimum absolute atomic E-state index is 0. The topological polar surface area (TPSA) is 105 Å². The van der Waals surface area contributed by atoms with Gasteiger partial charge in [-0.2, -0.15) is 0 Å². The number of aromatic nitrogens is 4. The number of H-pyrrole nitrogens is 1. The molecule has 0 radical (unpaired) electrons. The highest BCUT2D eigenvalue weighted by Crippen LogP contribution is 2.11. The van der Waals surface area contributed by atoms with E-state index in [1.807, 2.05) is 37.3 Å². The van der Waals surface area contributed by atoms with Gasteiger partial charge in [0.15, 0.2) is 11.2 Å². The van der Waals surface area contributed by atoms with E-state index in [-0.39, 0.29) is 31.6 Å². The van der Waals surface area contributed by atoms with Gasteiger partial charge in [-0.1, -0.05) is 56.0 Å². The second-order valence-electron chi connectivity index (χ2n) is 7.04. The fraction of sp³-hybridized carbons (Fsp3) is 0.304. The molecule has 168 valence electrons. The number of aryl methyl sites for hydroxylation is 1. The predicted molar refractivity (Wildman–Crippen MR) is 125 cm³/mol. The highest BCUT2D eigenvalue weighted by Gasteiger charge is 2.18. The summed E-state index contributed by atoms with van der Waals surface area (Å²) in [4.78, 5) is 24.7. The summed E-state index contributed by atoms with van der Waals surface area (Å²) in [6.45, 7) is 9.75. The molecule has 8 heteroatoms. The van der Waals surface area contributed by atoms with Crippen LogP contribution in [-0.2, 0) is 20.1 Å². The highest BCUT2D eigenvalue weighted by molar-refractivity contribution is 5.72. The number of aromatic amines is 1. The van der Waals surface area contributed by atoms with E-state index in [2.05, 4.69) is 18.3 Å². The molecule has 0 fully saturated rings. The Hall–Kier alpha value is -3.52. The molecule has 0 bridgehead atoms. The van der Waals surface area contributed by atoms with Crippen LogP contribution in [0.15, 0.2) is 76.6 Å². The third kappa shape index (κ3) is 5.76. The molecule has 3 N–H and O–H groups in total. The van der Waals surface area contributed by atoms with Gasteiger partial charge in [0.25, 0.3) is 5.56 Å². The van der Waals surface area contributed by atoms with Crippen LogP contribution in [0, 0.1) is 0 Å². The van der Waals surface area contributed by atoms with Crippen LogP contribution < -0.4 is 11.2 Å². The lowest BCUT2D eigenvalue weighted by Gasteiger charge is -2.19. The summed E-state index contributed by atoms with van der Waals surface area (Å²) >= 11 is 0. The molecule has 8 nitrogen and oxygen atoms in total. The van der Waals surface area contributed by atoms with Gasteiger partial charge in [-0.3, -0.25) is 23.7 Å². The number of hydrogen-bond donors (Lipinski definition) is 3. The van der Waals surface area contributed by atoms with Crippen molar-refractivity contribution in [2.24, 2.45) is 7.05 Å². The third-order valence-corrected chi connectivity index (χ3v) is 4.77. The Morgan fingerprint density at radius 2 is 1.94 bits per heavy atom. The van der Waals surface area contributed by atoms with Crippen molar-refractivity contribution in [3.05, 3.63) is 93.4 Å². The van der Waals surface area contributed by atoms with Crippen molar-refractivity contribution in [2.45, 2.75) is 32.9 Å². The fourth-order valence-corrected chi connectivity index (χ4v) is 2.93. The first-order valence-corrected chi connectivity index (χ1v) is 10.1. The molecule has 31 heavy (non-hydrogen) atoms. The van der Waals surface area contributed by atoms with Gasteiger partial charge in [-0.15, -0.1) is 0 Å². The maximum atomic E-state index is 12.5. The zero-order valence-corrected chi connectivity index (χ0v) is 18.0. The summed E-state index contributed by atoms with van der Waals surface area (Å²) in [6.07, 6.45) is 4.23. The van der Waals surface area contributed by atoms with Gasteiger partial charge in [0.05, 0.1) is 6.54 Å². The molecule has 0 aliphatic carbocycles. The molecule has 2 heterocycles. The van der Waals surface area contributed by atoms with E-state index >= 15 is 0 Å². The average Bonchev–Trinajstić information content (AvgIpc) is 2.76. The van der Waals surface area contributed by atoms with Gasteiger partial charge in [-0.25, -0.2) is 4.79 Å². The number of rotatable bonds is 8. The first kappa shape index (κ1) is 23.8. The number of benzene rings is 1. The molecule has 0 aliphatic rings. The second kappa shape index (κ2) is 11.0. The van der Waals surface area contributed by atoms with E-state index in [4.69, 9.17) is 10.2 Å². The molecule has 0 spiro atoms. The summed E-state index contributed by atoms with van der Waals surface area (Å²) in [5.41, 5.74) is 2.31. The number of fused-ring (bicyclic) bond motifs is 1. The second-order valence-corrected chi connectivity index (χ2v) is 7.04. The molecule has 0 saturated heterocycles. The average molecular weight is 429 g/mol. The van der Waals surface area contributed by atoms with Crippen LogP contribution >= 0.6 is 0 Å². The number of hydrogen-bond acceptors (Lipinski definition) is 4. The summed E-state index contributed by atoms with van der Waals surface area (Å²) < 4.78 is 4.34. The Morgan fingerprint density at radius 1 is 1.26 bits per heavy atom. The Bertz CT molecular complexity index is 1180. The molecular formula is C23H32N4O4. The van der Waals surface area contributed by atoms with Crippen LogP contribution in [0.25, 0.3) is 11.2 Å². The van der Waals surface area contributed by atoms with Crippen molar-refractivity contribution in [1.82, 2.24) is 18.9 Å². The van der Waals surface area contributed by atoms with E-state index in [1.165, 1.54) is 15.2 Å². The summed E-state index contributed by atoms with van der Waals surface area (Å²) in [5, 5.41) is 20.8. The Kier molecular flexibility index (Phi) is 8.45.